The van der Waals surface area contributed by atoms with Gasteiger partial charge in [0.15, 0.2) is 0 Å². The first-order valence-electron chi connectivity index (χ1n) is 17.9. The Labute approximate surface area is 314 Å². The minimum Gasteiger partial charge on any atom is -0.387 e. The average Bonchev–Trinajstić information content (AvgIpc) is 3.27. The predicted molar refractivity (Wildman–Crippen MR) is 219 cm³/mol. The van der Waals surface area contributed by atoms with E-state index in [1.807, 2.05) is 85.2 Å². The van der Waals surface area contributed by atoms with Crippen molar-refractivity contribution in [1.29, 1.82) is 0 Å². The van der Waals surface area contributed by atoms with Crippen molar-refractivity contribution in [1.82, 2.24) is 30.2 Å². The van der Waals surface area contributed by atoms with Crippen molar-refractivity contribution in [2.24, 2.45) is 0 Å². The van der Waals surface area contributed by atoms with Crippen LogP contribution in [-0.2, 0) is 0 Å². The van der Waals surface area contributed by atoms with Gasteiger partial charge in [-0.2, -0.15) is 0 Å². The molecule has 0 atom stereocenters. The van der Waals surface area contributed by atoms with Crippen LogP contribution in [0.2, 0.25) is 0 Å². The quantitative estimate of drug-likeness (QED) is 0.171. The Balaban J connectivity index is 1.02. The number of hydrogen-bond donors (Lipinski definition) is 1. The Kier molecular flexibility index (Phi) is 8.89. The minimum atomic E-state index is 0.754. The van der Waals surface area contributed by atoms with Crippen molar-refractivity contribution in [2.75, 3.05) is 6.54 Å². The lowest BCUT2D eigenvalue weighted by atomic mass is 9.92. The lowest BCUT2D eigenvalue weighted by Gasteiger charge is -2.13. The van der Waals surface area contributed by atoms with E-state index in [0.717, 1.165) is 96.6 Å². The molecule has 0 saturated carbocycles. The molecule has 0 fully saturated rings. The Hall–Kier alpha value is -7.31. The first-order chi connectivity index (χ1) is 26.7. The van der Waals surface area contributed by atoms with Crippen molar-refractivity contribution in [2.45, 2.75) is 0 Å². The summed E-state index contributed by atoms with van der Waals surface area (Å²) < 4.78 is 0. The van der Waals surface area contributed by atoms with Crippen molar-refractivity contribution in [3.8, 4) is 78.8 Å². The molecule has 0 unspecified atom stereocenters. The van der Waals surface area contributed by atoms with Crippen LogP contribution >= 0.6 is 0 Å². The number of aromatic nitrogens is 5. The molecule has 6 heteroatoms. The van der Waals surface area contributed by atoms with Crippen LogP contribution in [0, 0.1) is 0 Å². The summed E-state index contributed by atoms with van der Waals surface area (Å²) in [4.78, 5) is 24.3. The number of pyridine rings is 5. The lowest BCUT2D eigenvalue weighted by molar-refractivity contribution is 0.978. The Morgan fingerprint density at radius 1 is 0.389 bits per heavy atom. The van der Waals surface area contributed by atoms with Crippen molar-refractivity contribution in [3.05, 3.63) is 194 Å². The highest BCUT2D eigenvalue weighted by molar-refractivity contribution is 5.86. The van der Waals surface area contributed by atoms with Gasteiger partial charge in [-0.3, -0.25) is 4.98 Å². The SMILES string of the molecule is C1=CNCC(c2cccc(-c3cccc(-c4cccc(-c5ccccc5-c5cccc(-c6cccc(-c7cccc(-c8cccnc8)n7)n6)c5)c4)n3)n2)=C1. The molecule has 6 nitrogen and oxygen atoms in total. The van der Waals surface area contributed by atoms with E-state index in [0.29, 0.717) is 0 Å². The highest BCUT2D eigenvalue weighted by Crippen LogP contribution is 2.36. The molecule has 3 aromatic carbocycles. The van der Waals surface area contributed by atoms with E-state index in [2.05, 4.69) is 107 Å². The third-order valence-electron chi connectivity index (χ3n) is 9.48. The van der Waals surface area contributed by atoms with E-state index in [-0.39, 0.29) is 0 Å². The van der Waals surface area contributed by atoms with Crippen LogP contribution in [0.3, 0.4) is 0 Å². The molecule has 0 bridgehead atoms. The summed E-state index contributed by atoms with van der Waals surface area (Å²) in [7, 11) is 0. The summed E-state index contributed by atoms with van der Waals surface area (Å²) >= 11 is 0. The average molecular weight is 695 g/mol. The van der Waals surface area contributed by atoms with Gasteiger partial charge in [-0.05, 0) is 113 Å². The highest BCUT2D eigenvalue weighted by Gasteiger charge is 2.13. The van der Waals surface area contributed by atoms with Gasteiger partial charge in [0.2, 0.25) is 0 Å². The maximum absolute atomic E-state index is 5.08. The van der Waals surface area contributed by atoms with E-state index in [1.54, 1.807) is 6.20 Å². The van der Waals surface area contributed by atoms with Crippen molar-refractivity contribution >= 4 is 5.57 Å². The number of nitrogens with one attached hydrogen (secondary N) is 1. The molecule has 9 rings (SSSR count). The van der Waals surface area contributed by atoms with Gasteiger partial charge in [-0.15, -0.1) is 0 Å². The topological polar surface area (TPSA) is 76.5 Å². The summed E-state index contributed by atoms with van der Waals surface area (Å²) in [5, 5.41) is 3.27. The van der Waals surface area contributed by atoms with E-state index in [9.17, 15) is 0 Å². The van der Waals surface area contributed by atoms with Crippen molar-refractivity contribution < 1.29 is 0 Å². The van der Waals surface area contributed by atoms with Crippen LogP contribution in [0.15, 0.2) is 188 Å². The molecule has 0 spiro atoms. The predicted octanol–water partition coefficient (Wildman–Crippen LogP) is 10.8. The van der Waals surface area contributed by atoms with Crippen LogP contribution in [0.5, 0.6) is 0 Å². The first kappa shape index (κ1) is 32.6. The smallest absolute Gasteiger partial charge is 0.0893 e. The van der Waals surface area contributed by atoms with Crippen LogP contribution in [-0.4, -0.2) is 31.5 Å². The second-order valence-electron chi connectivity index (χ2n) is 13.0. The van der Waals surface area contributed by atoms with Gasteiger partial charge >= 0.3 is 0 Å². The van der Waals surface area contributed by atoms with Gasteiger partial charge in [-0.1, -0.05) is 91.0 Å². The maximum Gasteiger partial charge on any atom is 0.0893 e. The molecule has 0 saturated heterocycles. The molecule has 1 aliphatic rings. The van der Waals surface area contributed by atoms with Gasteiger partial charge in [0.1, 0.15) is 0 Å². The Morgan fingerprint density at radius 2 is 0.833 bits per heavy atom. The van der Waals surface area contributed by atoms with E-state index >= 15 is 0 Å². The zero-order chi connectivity index (χ0) is 36.1. The molecule has 1 N–H and O–H groups in total. The van der Waals surface area contributed by atoms with Gasteiger partial charge in [0, 0.05) is 35.6 Å². The number of nitrogens with zero attached hydrogens (tertiary/aromatic N) is 5. The molecule has 1 aliphatic heterocycles. The summed E-state index contributed by atoms with van der Waals surface area (Å²) in [6.45, 7) is 0.754. The molecule has 8 aromatic rings. The minimum absolute atomic E-state index is 0.754. The second kappa shape index (κ2) is 14.7. The number of rotatable bonds is 8. The second-order valence-corrected chi connectivity index (χ2v) is 13.0. The van der Waals surface area contributed by atoms with Crippen LogP contribution in [0.1, 0.15) is 5.69 Å². The first-order valence-corrected chi connectivity index (χ1v) is 17.9. The standard InChI is InChI=1S/C48H34N6/c1-2-18-40(34-12-4-14-36(30-34)42-20-6-24-46(52-42)48-26-8-22-44(54-48)38-16-10-28-50-32-38)39(17-1)33-11-3-13-35(29-33)41-19-5-23-45(51-41)47-25-7-21-43(53-47)37-15-9-27-49-31-37/h1-31,50H,32H2. The fraction of sp³-hybridized carbons (Fsp3) is 0.0208. The summed E-state index contributed by atoms with van der Waals surface area (Å²) in [6, 6.07) is 54.1. The molecule has 5 aromatic heterocycles. The molecule has 0 radical (unpaired) electrons. The zero-order valence-corrected chi connectivity index (χ0v) is 29.3. The van der Waals surface area contributed by atoms with E-state index < -0.39 is 0 Å². The van der Waals surface area contributed by atoms with Crippen LogP contribution < -0.4 is 5.32 Å². The largest absolute Gasteiger partial charge is 0.387 e. The Morgan fingerprint density at radius 3 is 1.33 bits per heavy atom. The van der Waals surface area contributed by atoms with E-state index in [1.165, 1.54) is 0 Å². The van der Waals surface area contributed by atoms with Crippen molar-refractivity contribution in [3.63, 3.8) is 0 Å². The lowest BCUT2D eigenvalue weighted by Crippen LogP contribution is -2.12. The fourth-order valence-corrected chi connectivity index (χ4v) is 6.80. The molecule has 256 valence electrons. The normalized spacial score (nSPS) is 12.2. The number of allylic oxidation sites excluding steroid dienone is 2. The fourth-order valence-electron chi connectivity index (χ4n) is 6.80. The number of benzene rings is 3. The maximum atomic E-state index is 5.08. The molecule has 6 heterocycles. The Bertz CT molecular complexity index is 2680. The van der Waals surface area contributed by atoms with Crippen LogP contribution in [0.25, 0.3) is 84.4 Å². The number of dihydropyridines is 1. The number of hydrogen-bond acceptors (Lipinski definition) is 6. The van der Waals surface area contributed by atoms with Crippen LogP contribution in [0.4, 0.5) is 0 Å². The van der Waals surface area contributed by atoms with E-state index in [4.69, 9.17) is 19.9 Å². The molecule has 0 aliphatic carbocycles. The summed E-state index contributed by atoms with van der Waals surface area (Å²) in [6.07, 6.45) is 9.65. The van der Waals surface area contributed by atoms with Gasteiger partial charge in [-0.25, -0.2) is 19.9 Å². The molecule has 54 heavy (non-hydrogen) atoms. The third kappa shape index (κ3) is 6.84. The summed E-state index contributed by atoms with van der Waals surface area (Å²) in [5.41, 5.74) is 15.6. The molecule has 0 amide bonds. The highest BCUT2D eigenvalue weighted by atomic mass is 14.9. The molecular weight excluding hydrogens is 661 g/mol. The summed E-state index contributed by atoms with van der Waals surface area (Å²) in [5.74, 6) is 0. The molecular formula is C48H34N6. The third-order valence-corrected chi connectivity index (χ3v) is 9.48. The van der Waals surface area contributed by atoms with Gasteiger partial charge < -0.3 is 5.32 Å². The zero-order valence-electron chi connectivity index (χ0n) is 29.3. The monoisotopic (exact) mass is 694 g/mol. The van der Waals surface area contributed by atoms with Gasteiger partial charge in [0.05, 0.1) is 45.6 Å². The van der Waals surface area contributed by atoms with Gasteiger partial charge in [0.25, 0.3) is 0 Å².